The predicted molar refractivity (Wildman–Crippen MR) is 89.5 cm³/mol. The van der Waals surface area contributed by atoms with Crippen LogP contribution in [0.3, 0.4) is 0 Å². The van der Waals surface area contributed by atoms with Crippen LogP contribution in [0.25, 0.3) is 0 Å². The highest BCUT2D eigenvalue weighted by molar-refractivity contribution is 7.99. The van der Waals surface area contributed by atoms with Crippen molar-refractivity contribution in [1.29, 1.82) is 0 Å². The second kappa shape index (κ2) is 7.45. The van der Waals surface area contributed by atoms with Gasteiger partial charge in [-0.3, -0.25) is 0 Å². The van der Waals surface area contributed by atoms with E-state index in [1.165, 1.54) is 10.5 Å². The first kappa shape index (κ1) is 15.1. The third-order valence-electron chi connectivity index (χ3n) is 3.54. The van der Waals surface area contributed by atoms with Crippen LogP contribution in [0.2, 0.25) is 0 Å². The molecule has 1 aliphatic rings. The summed E-state index contributed by atoms with van der Waals surface area (Å²) >= 11 is 1.84. The van der Waals surface area contributed by atoms with Gasteiger partial charge in [0.2, 0.25) is 0 Å². The van der Waals surface area contributed by atoms with Crippen LogP contribution in [-0.4, -0.2) is 26.1 Å². The van der Waals surface area contributed by atoms with Crippen LogP contribution in [0, 0.1) is 0 Å². The molecule has 0 unspecified atom stereocenters. The summed E-state index contributed by atoms with van der Waals surface area (Å²) in [5, 5.41) is 0. The van der Waals surface area contributed by atoms with Gasteiger partial charge in [-0.2, -0.15) is 0 Å². The maximum Gasteiger partial charge on any atom is 0.162 e. The van der Waals surface area contributed by atoms with Crippen LogP contribution in [0.15, 0.2) is 47.4 Å². The second-order valence-corrected chi connectivity index (χ2v) is 6.27. The van der Waals surface area contributed by atoms with E-state index < -0.39 is 0 Å². The SMILES string of the molecule is COc1ccc(CCSc2ccc3c(c2)OCCCO3)cc1. The largest absolute Gasteiger partial charge is 0.497 e. The molecule has 4 heteroatoms. The number of benzene rings is 2. The van der Waals surface area contributed by atoms with Crippen molar-refractivity contribution in [2.75, 3.05) is 26.1 Å². The highest BCUT2D eigenvalue weighted by Crippen LogP contribution is 2.34. The van der Waals surface area contributed by atoms with Gasteiger partial charge in [0, 0.05) is 17.1 Å². The molecule has 0 N–H and O–H groups in total. The fourth-order valence-electron chi connectivity index (χ4n) is 2.31. The Morgan fingerprint density at radius 3 is 2.55 bits per heavy atom. The number of methoxy groups -OCH3 is 1. The van der Waals surface area contributed by atoms with E-state index in [0.717, 1.165) is 49.1 Å². The molecule has 3 rings (SSSR count). The van der Waals surface area contributed by atoms with Gasteiger partial charge in [-0.25, -0.2) is 0 Å². The molecule has 0 atom stereocenters. The predicted octanol–water partition coefficient (Wildman–Crippen LogP) is 4.19. The Morgan fingerprint density at radius 2 is 1.77 bits per heavy atom. The minimum absolute atomic E-state index is 0.729. The molecular weight excluding hydrogens is 296 g/mol. The van der Waals surface area contributed by atoms with Gasteiger partial charge >= 0.3 is 0 Å². The fourth-order valence-corrected chi connectivity index (χ4v) is 3.24. The lowest BCUT2D eigenvalue weighted by atomic mass is 10.2. The van der Waals surface area contributed by atoms with Gasteiger partial charge in [-0.05, 0) is 42.3 Å². The van der Waals surface area contributed by atoms with Crippen molar-refractivity contribution in [1.82, 2.24) is 0 Å². The Hall–Kier alpha value is -1.81. The van der Waals surface area contributed by atoms with Crippen molar-refractivity contribution >= 4 is 11.8 Å². The van der Waals surface area contributed by atoms with Gasteiger partial charge in [-0.15, -0.1) is 11.8 Å². The molecule has 2 aromatic carbocycles. The molecule has 0 fully saturated rings. The summed E-state index contributed by atoms with van der Waals surface area (Å²) in [7, 11) is 1.69. The van der Waals surface area contributed by atoms with Crippen molar-refractivity contribution in [3.8, 4) is 17.2 Å². The zero-order chi connectivity index (χ0) is 15.2. The molecule has 0 spiro atoms. The molecule has 0 bridgehead atoms. The first-order chi connectivity index (χ1) is 10.8. The van der Waals surface area contributed by atoms with Crippen LogP contribution in [0.4, 0.5) is 0 Å². The Morgan fingerprint density at radius 1 is 1.00 bits per heavy atom. The van der Waals surface area contributed by atoms with E-state index in [0.29, 0.717) is 0 Å². The summed E-state index contributed by atoms with van der Waals surface area (Å²) < 4.78 is 16.6. The lowest BCUT2D eigenvalue weighted by molar-refractivity contribution is 0.297. The van der Waals surface area contributed by atoms with E-state index >= 15 is 0 Å². The van der Waals surface area contributed by atoms with Crippen LogP contribution >= 0.6 is 11.8 Å². The summed E-state index contributed by atoms with van der Waals surface area (Å²) in [6.07, 6.45) is 1.97. The molecule has 116 valence electrons. The van der Waals surface area contributed by atoms with Gasteiger partial charge in [0.05, 0.1) is 20.3 Å². The summed E-state index contributed by atoms with van der Waals surface area (Å²) in [4.78, 5) is 1.22. The van der Waals surface area contributed by atoms with Gasteiger partial charge in [0.25, 0.3) is 0 Å². The summed E-state index contributed by atoms with van der Waals surface area (Å²) in [5.41, 5.74) is 1.32. The third kappa shape index (κ3) is 3.89. The molecule has 0 aliphatic carbocycles. The Kier molecular flexibility index (Phi) is 5.11. The number of fused-ring (bicyclic) bond motifs is 1. The van der Waals surface area contributed by atoms with E-state index in [1.807, 2.05) is 30.0 Å². The summed E-state index contributed by atoms with van der Waals surface area (Å²) in [6, 6.07) is 14.4. The lowest BCUT2D eigenvalue weighted by Crippen LogP contribution is -1.97. The smallest absolute Gasteiger partial charge is 0.162 e. The van der Waals surface area contributed by atoms with Crippen LogP contribution < -0.4 is 14.2 Å². The number of hydrogen-bond acceptors (Lipinski definition) is 4. The maximum atomic E-state index is 5.73. The third-order valence-corrected chi connectivity index (χ3v) is 4.53. The quantitative estimate of drug-likeness (QED) is 0.773. The van der Waals surface area contributed by atoms with Gasteiger partial charge in [0.1, 0.15) is 5.75 Å². The summed E-state index contributed by atoms with van der Waals surface area (Å²) in [6.45, 7) is 1.46. The molecular formula is C18H20O3S. The zero-order valence-corrected chi connectivity index (χ0v) is 13.5. The number of hydrogen-bond donors (Lipinski definition) is 0. The minimum atomic E-state index is 0.729. The molecule has 0 radical (unpaired) electrons. The normalized spacial score (nSPS) is 13.5. The van der Waals surface area contributed by atoms with Gasteiger partial charge in [-0.1, -0.05) is 12.1 Å². The van der Waals surface area contributed by atoms with E-state index in [4.69, 9.17) is 14.2 Å². The zero-order valence-electron chi connectivity index (χ0n) is 12.7. The monoisotopic (exact) mass is 316 g/mol. The number of rotatable bonds is 5. The van der Waals surface area contributed by atoms with Crippen molar-refractivity contribution in [3.63, 3.8) is 0 Å². The highest BCUT2D eigenvalue weighted by Gasteiger charge is 2.10. The van der Waals surface area contributed by atoms with E-state index in [9.17, 15) is 0 Å². The average Bonchev–Trinajstić information content (AvgIpc) is 2.80. The molecule has 1 aliphatic heterocycles. The van der Waals surface area contributed by atoms with E-state index in [-0.39, 0.29) is 0 Å². The van der Waals surface area contributed by atoms with Crippen LogP contribution in [0.1, 0.15) is 12.0 Å². The molecule has 2 aromatic rings. The van der Waals surface area contributed by atoms with Gasteiger partial charge in [0.15, 0.2) is 11.5 Å². The van der Waals surface area contributed by atoms with E-state index in [2.05, 4.69) is 24.3 Å². The molecule has 0 aromatic heterocycles. The molecule has 0 amide bonds. The second-order valence-electron chi connectivity index (χ2n) is 5.11. The first-order valence-electron chi connectivity index (χ1n) is 7.50. The Balaban J connectivity index is 1.55. The number of ether oxygens (including phenoxy) is 3. The maximum absolute atomic E-state index is 5.73. The molecule has 0 saturated carbocycles. The lowest BCUT2D eigenvalue weighted by Gasteiger charge is -2.09. The van der Waals surface area contributed by atoms with Crippen molar-refractivity contribution in [2.45, 2.75) is 17.7 Å². The number of aryl methyl sites for hydroxylation is 1. The van der Waals surface area contributed by atoms with Crippen LogP contribution in [-0.2, 0) is 6.42 Å². The average molecular weight is 316 g/mol. The Labute approximate surface area is 135 Å². The minimum Gasteiger partial charge on any atom is -0.497 e. The van der Waals surface area contributed by atoms with E-state index in [1.54, 1.807) is 7.11 Å². The van der Waals surface area contributed by atoms with Crippen molar-refractivity contribution in [2.24, 2.45) is 0 Å². The topological polar surface area (TPSA) is 27.7 Å². The molecule has 22 heavy (non-hydrogen) atoms. The number of thioether (sulfide) groups is 1. The molecule has 1 heterocycles. The first-order valence-corrected chi connectivity index (χ1v) is 8.49. The summed E-state index contributed by atoms with van der Waals surface area (Å²) in [5.74, 6) is 3.66. The highest BCUT2D eigenvalue weighted by atomic mass is 32.2. The fraction of sp³-hybridized carbons (Fsp3) is 0.333. The van der Waals surface area contributed by atoms with Crippen molar-refractivity contribution < 1.29 is 14.2 Å². The van der Waals surface area contributed by atoms with Gasteiger partial charge < -0.3 is 14.2 Å². The standard InChI is InChI=1S/C18H20O3S/c1-19-15-5-3-14(4-6-15)9-12-22-16-7-8-17-18(13-16)21-11-2-10-20-17/h3-8,13H,2,9-12H2,1H3. The molecule has 3 nitrogen and oxygen atoms in total. The Bertz CT molecular complexity index is 610. The van der Waals surface area contributed by atoms with Crippen LogP contribution in [0.5, 0.6) is 17.2 Å². The molecule has 0 saturated heterocycles. The van der Waals surface area contributed by atoms with Crippen molar-refractivity contribution in [3.05, 3.63) is 48.0 Å².